The molecule has 0 saturated heterocycles. The van der Waals surface area contributed by atoms with Crippen molar-refractivity contribution >= 4 is 29.3 Å². The molecule has 1 N–H and O–H groups in total. The van der Waals surface area contributed by atoms with E-state index in [9.17, 15) is 4.79 Å². The van der Waals surface area contributed by atoms with Gasteiger partial charge in [0.15, 0.2) is 11.0 Å². The van der Waals surface area contributed by atoms with E-state index in [0.29, 0.717) is 40.8 Å². The standard InChI is InChI=1S/C24H29ClN4O3S/c1-5-31-20-10-12-21(13-11-20)32-15-22-27-28-24(29(22)19-8-6-18(25)7-9-19)33-17(4)23(30)26-14-16(2)3/h6-13,16-17H,5,14-15H2,1-4H3,(H,26,30). The number of amides is 1. The van der Waals surface area contributed by atoms with E-state index in [4.69, 9.17) is 21.1 Å². The van der Waals surface area contributed by atoms with Gasteiger partial charge in [0.25, 0.3) is 0 Å². The van der Waals surface area contributed by atoms with Crippen molar-refractivity contribution in [2.24, 2.45) is 5.92 Å². The fraction of sp³-hybridized carbons (Fsp3) is 0.375. The maximum absolute atomic E-state index is 12.5. The Labute approximate surface area is 203 Å². The molecule has 1 aromatic heterocycles. The molecular weight excluding hydrogens is 460 g/mol. The maximum Gasteiger partial charge on any atom is 0.233 e. The molecular formula is C24H29ClN4O3S. The lowest BCUT2D eigenvalue weighted by Crippen LogP contribution is -2.33. The Morgan fingerprint density at radius 1 is 1.03 bits per heavy atom. The lowest BCUT2D eigenvalue weighted by molar-refractivity contribution is -0.120. The van der Waals surface area contributed by atoms with Crippen molar-refractivity contribution < 1.29 is 14.3 Å². The zero-order valence-electron chi connectivity index (χ0n) is 19.2. The van der Waals surface area contributed by atoms with Crippen molar-refractivity contribution in [2.75, 3.05) is 13.2 Å². The summed E-state index contributed by atoms with van der Waals surface area (Å²) in [5.74, 6) is 2.45. The number of carbonyl (C=O) groups excluding carboxylic acids is 1. The van der Waals surface area contributed by atoms with Crippen molar-refractivity contribution in [3.63, 3.8) is 0 Å². The van der Waals surface area contributed by atoms with Gasteiger partial charge in [0.05, 0.1) is 11.9 Å². The van der Waals surface area contributed by atoms with E-state index >= 15 is 0 Å². The number of carbonyl (C=O) groups is 1. The molecule has 3 aromatic rings. The molecule has 0 bridgehead atoms. The number of nitrogens with zero attached hydrogens (tertiary/aromatic N) is 3. The van der Waals surface area contributed by atoms with Crippen LogP contribution in [0.1, 0.15) is 33.5 Å². The summed E-state index contributed by atoms with van der Waals surface area (Å²) in [6, 6.07) is 14.8. The van der Waals surface area contributed by atoms with Gasteiger partial charge in [-0.1, -0.05) is 37.2 Å². The normalized spacial score (nSPS) is 11.9. The summed E-state index contributed by atoms with van der Waals surface area (Å²) in [4.78, 5) is 12.5. The van der Waals surface area contributed by atoms with Crippen LogP contribution in [0.2, 0.25) is 5.02 Å². The van der Waals surface area contributed by atoms with Gasteiger partial charge in [-0.25, -0.2) is 0 Å². The zero-order chi connectivity index (χ0) is 23.8. The summed E-state index contributed by atoms with van der Waals surface area (Å²) >= 11 is 7.43. The molecule has 2 aromatic carbocycles. The second-order valence-electron chi connectivity index (χ2n) is 7.80. The molecule has 33 heavy (non-hydrogen) atoms. The molecule has 1 amide bonds. The Kier molecular flexibility index (Phi) is 9.03. The van der Waals surface area contributed by atoms with Gasteiger partial charge in [-0.15, -0.1) is 10.2 Å². The number of benzene rings is 2. The number of ether oxygens (including phenoxy) is 2. The predicted molar refractivity (Wildman–Crippen MR) is 131 cm³/mol. The van der Waals surface area contributed by atoms with Gasteiger partial charge < -0.3 is 14.8 Å². The number of thioether (sulfide) groups is 1. The van der Waals surface area contributed by atoms with Crippen molar-refractivity contribution in [2.45, 2.75) is 44.7 Å². The third-order valence-corrected chi connectivity index (χ3v) is 5.92. The summed E-state index contributed by atoms with van der Waals surface area (Å²) in [6.07, 6.45) is 0. The fourth-order valence-corrected chi connectivity index (χ4v) is 3.96. The number of aromatic nitrogens is 3. The van der Waals surface area contributed by atoms with E-state index in [-0.39, 0.29) is 17.8 Å². The number of rotatable bonds is 11. The molecule has 0 saturated carbocycles. The third-order valence-electron chi connectivity index (χ3n) is 4.62. The molecule has 1 heterocycles. The highest BCUT2D eigenvalue weighted by Gasteiger charge is 2.21. The number of hydrogen-bond acceptors (Lipinski definition) is 6. The van der Waals surface area contributed by atoms with Crippen LogP contribution in [-0.4, -0.2) is 39.1 Å². The lowest BCUT2D eigenvalue weighted by atomic mass is 10.2. The van der Waals surface area contributed by atoms with Crippen molar-refractivity contribution in [1.29, 1.82) is 0 Å². The van der Waals surface area contributed by atoms with Crippen molar-refractivity contribution in [3.8, 4) is 17.2 Å². The third kappa shape index (κ3) is 7.14. The predicted octanol–water partition coefficient (Wildman–Crippen LogP) is 5.15. The molecule has 1 atom stereocenters. The maximum atomic E-state index is 12.5. The number of nitrogens with one attached hydrogen (secondary N) is 1. The van der Waals surface area contributed by atoms with E-state index in [1.807, 2.05) is 54.8 Å². The lowest BCUT2D eigenvalue weighted by Gasteiger charge is -2.15. The molecule has 0 aliphatic carbocycles. The minimum atomic E-state index is -0.334. The van der Waals surface area contributed by atoms with E-state index in [1.54, 1.807) is 12.1 Å². The molecule has 7 nitrogen and oxygen atoms in total. The highest BCUT2D eigenvalue weighted by Crippen LogP contribution is 2.27. The Morgan fingerprint density at radius 3 is 2.27 bits per heavy atom. The van der Waals surface area contributed by atoms with Crippen LogP contribution in [-0.2, 0) is 11.4 Å². The molecule has 0 aliphatic rings. The van der Waals surface area contributed by atoms with Gasteiger partial charge >= 0.3 is 0 Å². The van der Waals surface area contributed by atoms with Crippen LogP contribution in [0.4, 0.5) is 0 Å². The second kappa shape index (κ2) is 12.0. The highest BCUT2D eigenvalue weighted by molar-refractivity contribution is 8.00. The summed E-state index contributed by atoms with van der Waals surface area (Å²) in [5.41, 5.74) is 0.840. The van der Waals surface area contributed by atoms with Crippen molar-refractivity contribution in [3.05, 3.63) is 59.4 Å². The number of halogens is 1. The summed E-state index contributed by atoms with van der Waals surface area (Å²) < 4.78 is 13.3. The highest BCUT2D eigenvalue weighted by atomic mass is 35.5. The molecule has 3 rings (SSSR count). The Morgan fingerprint density at radius 2 is 1.67 bits per heavy atom. The van der Waals surface area contributed by atoms with Gasteiger partial charge in [0.2, 0.25) is 5.91 Å². The van der Waals surface area contributed by atoms with E-state index in [1.165, 1.54) is 11.8 Å². The van der Waals surface area contributed by atoms with Gasteiger partial charge in [-0.05, 0) is 68.3 Å². The van der Waals surface area contributed by atoms with E-state index in [2.05, 4.69) is 29.4 Å². The first-order valence-electron chi connectivity index (χ1n) is 10.9. The Hall–Kier alpha value is -2.71. The Balaban J connectivity index is 1.79. The SMILES string of the molecule is CCOc1ccc(OCc2nnc(SC(C)C(=O)NCC(C)C)n2-c2ccc(Cl)cc2)cc1. The van der Waals surface area contributed by atoms with Crippen molar-refractivity contribution in [1.82, 2.24) is 20.1 Å². The molecule has 176 valence electrons. The largest absolute Gasteiger partial charge is 0.494 e. The molecule has 0 aliphatic heterocycles. The van der Waals surface area contributed by atoms with Crippen LogP contribution < -0.4 is 14.8 Å². The van der Waals surface area contributed by atoms with Gasteiger partial charge in [-0.2, -0.15) is 0 Å². The minimum Gasteiger partial charge on any atom is -0.494 e. The van der Waals surface area contributed by atoms with Crippen LogP contribution in [0.3, 0.4) is 0 Å². The van der Waals surface area contributed by atoms with Crippen LogP contribution in [0.25, 0.3) is 5.69 Å². The van der Waals surface area contributed by atoms with Gasteiger partial charge in [0, 0.05) is 17.3 Å². The quantitative estimate of drug-likeness (QED) is 0.376. The van der Waals surface area contributed by atoms with E-state index < -0.39 is 0 Å². The molecule has 9 heteroatoms. The molecule has 1 unspecified atom stereocenters. The minimum absolute atomic E-state index is 0.0356. The second-order valence-corrected chi connectivity index (χ2v) is 9.55. The van der Waals surface area contributed by atoms with Crippen LogP contribution in [0.5, 0.6) is 11.5 Å². The van der Waals surface area contributed by atoms with Crippen LogP contribution >= 0.6 is 23.4 Å². The van der Waals surface area contributed by atoms with Crippen LogP contribution in [0.15, 0.2) is 53.7 Å². The zero-order valence-corrected chi connectivity index (χ0v) is 20.8. The summed E-state index contributed by atoms with van der Waals surface area (Å²) in [7, 11) is 0. The van der Waals surface area contributed by atoms with Gasteiger partial charge in [0.1, 0.15) is 18.1 Å². The Bertz CT molecular complexity index is 1040. The van der Waals surface area contributed by atoms with Crippen LogP contribution in [0, 0.1) is 5.92 Å². The first-order valence-corrected chi connectivity index (χ1v) is 12.1. The summed E-state index contributed by atoms with van der Waals surface area (Å²) in [5, 5.41) is 12.6. The average molecular weight is 489 g/mol. The fourth-order valence-electron chi connectivity index (χ4n) is 2.93. The van der Waals surface area contributed by atoms with Gasteiger partial charge in [-0.3, -0.25) is 9.36 Å². The molecule has 0 spiro atoms. The first-order chi connectivity index (χ1) is 15.9. The monoisotopic (exact) mass is 488 g/mol. The smallest absolute Gasteiger partial charge is 0.233 e. The average Bonchev–Trinajstić information content (AvgIpc) is 3.20. The molecule has 0 fully saturated rings. The first kappa shape index (κ1) is 24.9. The number of hydrogen-bond donors (Lipinski definition) is 1. The topological polar surface area (TPSA) is 78.3 Å². The van der Waals surface area contributed by atoms with E-state index in [0.717, 1.165) is 11.4 Å². The summed E-state index contributed by atoms with van der Waals surface area (Å²) in [6.45, 7) is 9.37. The molecule has 0 radical (unpaired) electrons.